The van der Waals surface area contributed by atoms with Crippen molar-refractivity contribution in [2.24, 2.45) is 11.8 Å². The Morgan fingerprint density at radius 2 is 1.84 bits per heavy atom. The second-order valence-corrected chi connectivity index (χ2v) is 7.15. The minimum absolute atomic E-state index is 0.0118. The van der Waals surface area contributed by atoms with Gasteiger partial charge in [-0.25, -0.2) is 4.98 Å². The number of nitrogens with zero attached hydrogens (tertiary/aromatic N) is 3. The topological polar surface area (TPSA) is 38.1 Å². The molecule has 2 atom stereocenters. The average molecular weight is 353 g/mol. The maximum absolute atomic E-state index is 13.1. The molecule has 0 N–H and O–H groups in total. The highest BCUT2D eigenvalue weighted by Gasteiger charge is 2.33. The Balaban J connectivity index is 1.84. The van der Waals surface area contributed by atoms with Gasteiger partial charge in [-0.1, -0.05) is 19.9 Å². The van der Waals surface area contributed by atoms with Crippen LogP contribution in [0, 0.1) is 11.8 Å². The molecule has 25 heavy (non-hydrogen) atoms. The molecule has 2 heterocycles. The number of piperidine rings is 1. The summed E-state index contributed by atoms with van der Waals surface area (Å²) < 4.78 is 40.6. The number of hydrogen-bond donors (Lipinski definition) is 0. The number of fused-ring (bicyclic) bond motifs is 1. The molecule has 4 nitrogen and oxygen atoms in total. The molecule has 0 unspecified atom stereocenters. The highest BCUT2D eigenvalue weighted by Crippen LogP contribution is 2.32. The lowest BCUT2D eigenvalue weighted by atomic mass is 9.92. The summed E-state index contributed by atoms with van der Waals surface area (Å²) in [5.41, 5.74) is -1.57. The summed E-state index contributed by atoms with van der Waals surface area (Å²) in [6.07, 6.45) is -2.09. The number of aromatic nitrogens is 2. The molecule has 0 bridgehead atoms. The molecule has 1 aliphatic heterocycles. The molecule has 7 heteroatoms. The highest BCUT2D eigenvalue weighted by atomic mass is 19.4. The lowest BCUT2D eigenvalue weighted by molar-refractivity contribution is -0.136. The number of alkyl halides is 3. The van der Waals surface area contributed by atoms with Gasteiger partial charge in [0.05, 0.1) is 22.8 Å². The van der Waals surface area contributed by atoms with Crippen molar-refractivity contribution in [2.45, 2.75) is 33.0 Å². The van der Waals surface area contributed by atoms with Crippen LogP contribution in [0.2, 0.25) is 0 Å². The fourth-order valence-electron chi connectivity index (χ4n) is 3.80. The largest absolute Gasteiger partial charge is 0.418 e. The van der Waals surface area contributed by atoms with Gasteiger partial charge in [0.1, 0.15) is 0 Å². The van der Waals surface area contributed by atoms with E-state index in [1.807, 2.05) is 0 Å². The second kappa shape index (κ2) is 6.78. The van der Waals surface area contributed by atoms with Crippen LogP contribution in [0.4, 0.5) is 13.2 Å². The van der Waals surface area contributed by atoms with Gasteiger partial charge in [-0.2, -0.15) is 13.2 Å². The lowest BCUT2D eigenvalue weighted by Crippen LogP contribution is -2.41. The van der Waals surface area contributed by atoms with E-state index in [-0.39, 0.29) is 10.9 Å². The van der Waals surface area contributed by atoms with Crippen LogP contribution in [-0.4, -0.2) is 34.1 Å². The third kappa shape index (κ3) is 3.86. The molecular weight excluding hydrogens is 331 g/mol. The number of hydrogen-bond acceptors (Lipinski definition) is 3. The first kappa shape index (κ1) is 17.9. The Labute approximate surface area is 144 Å². The smallest absolute Gasteiger partial charge is 0.301 e. The van der Waals surface area contributed by atoms with Crippen LogP contribution < -0.4 is 5.56 Å². The number of likely N-dealkylation sites (tertiary alicyclic amines) is 1. The standard InChI is InChI=1S/C18H22F3N3O/c1-12-8-13(2)10-23(9-12)6-7-24-11-22-16-14(17(24)25)4-3-5-15(16)18(19,20)21/h3-5,11-13H,6-10H2,1-2H3/t12-,13+. The Kier molecular flexibility index (Phi) is 4.86. The molecule has 1 saturated heterocycles. The summed E-state index contributed by atoms with van der Waals surface area (Å²) in [5, 5.41) is 0.0118. The maximum atomic E-state index is 13.1. The van der Waals surface area contributed by atoms with Crippen molar-refractivity contribution < 1.29 is 13.2 Å². The summed E-state index contributed by atoms with van der Waals surface area (Å²) in [5.74, 6) is 1.23. The van der Waals surface area contributed by atoms with Gasteiger partial charge in [0.25, 0.3) is 5.56 Å². The first-order chi connectivity index (χ1) is 11.8. The fraction of sp³-hybridized carbons (Fsp3) is 0.556. The molecule has 1 aromatic heterocycles. The van der Waals surface area contributed by atoms with Crippen molar-refractivity contribution in [3.8, 4) is 0 Å². The summed E-state index contributed by atoms with van der Waals surface area (Å²) in [6.45, 7) is 7.52. The summed E-state index contributed by atoms with van der Waals surface area (Å²) in [6, 6.07) is 3.61. The molecular formula is C18H22F3N3O. The number of para-hydroxylation sites is 1. The predicted octanol–water partition coefficient (Wildman–Crippen LogP) is 3.39. The molecule has 2 aromatic rings. The van der Waals surface area contributed by atoms with E-state index in [1.165, 1.54) is 29.4 Å². The number of benzene rings is 1. The normalized spacial score (nSPS) is 22.4. The van der Waals surface area contributed by atoms with Crippen LogP contribution in [0.3, 0.4) is 0 Å². The van der Waals surface area contributed by atoms with Crippen LogP contribution in [-0.2, 0) is 12.7 Å². The van der Waals surface area contributed by atoms with E-state index in [0.29, 0.717) is 24.9 Å². The number of rotatable bonds is 3. The van der Waals surface area contributed by atoms with Gasteiger partial charge in [0, 0.05) is 26.2 Å². The van der Waals surface area contributed by atoms with Crippen molar-refractivity contribution in [2.75, 3.05) is 19.6 Å². The van der Waals surface area contributed by atoms with E-state index in [0.717, 1.165) is 19.2 Å². The Bertz CT molecular complexity index is 805. The van der Waals surface area contributed by atoms with Crippen LogP contribution in [0.5, 0.6) is 0 Å². The number of halogens is 3. The molecule has 0 radical (unpaired) electrons. The monoisotopic (exact) mass is 353 g/mol. The van der Waals surface area contributed by atoms with Gasteiger partial charge in [-0.3, -0.25) is 9.36 Å². The third-order valence-electron chi connectivity index (χ3n) is 4.76. The fourth-order valence-corrected chi connectivity index (χ4v) is 3.80. The SMILES string of the molecule is C[C@@H]1C[C@H](C)CN(CCn2cnc3c(C(F)(F)F)cccc3c2=O)C1. The van der Waals surface area contributed by atoms with Gasteiger partial charge in [0.2, 0.25) is 0 Å². The summed E-state index contributed by atoms with van der Waals surface area (Å²) in [4.78, 5) is 18.8. The first-order valence-electron chi connectivity index (χ1n) is 8.53. The third-order valence-corrected chi connectivity index (χ3v) is 4.76. The van der Waals surface area contributed by atoms with Crippen LogP contribution in [0.15, 0.2) is 29.3 Å². The average Bonchev–Trinajstić information content (AvgIpc) is 2.52. The van der Waals surface area contributed by atoms with Crippen LogP contribution in [0.1, 0.15) is 25.8 Å². The van der Waals surface area contributed by atoms with Gasteiger partial charge >= 0.3 is 6.18 Å². The van der Waals surface area contributed by atoms with Gasteiger partial charge in [0.15, 0.2) is 0 Å². The van der Waals surface area contributed by atoms with E-state index < -0.39 is 17.3 Å². The first-order valence-corrected chi connectivity index (χ1v) is 8.53. The van der Waals surface area contributed by atoms with Crippen molar-refractivity contribution in [1.29, 1.82) is 0 Å². The molecule has 0 spiro atoms. The quantitative estimate of drug-likeness (QED) is 0.849. The molecule has 1 fully saturated rings. The second-order valence-electron chi connectivity index (χ2n) is 7.15. The van der Waals surface area contributed by atoms with Crippen LogP contribution in [0.25, 0.3) is 10.9 Å². The van der Waals surface area contributed by atoms with Crippen molar-refractivity contribution in [3.05, 3.63) is 40.4 Å². The zero-order chi connectivity index (χ0) is 18.2. The van der Waals surface area contributed by atoms with E-state index in [2.05, 4.69) is 23.7 Å². The molecule has 0 aliphatic carbocycles. The van der Waals surface area contributed by atoms with Crippen LogP contribution >= 0.6 is 0 Å². The lowest BCUT2D eigenvalue weighted by Gasteiger charge is -2.34. The molecule has 136 valence electrons. The molecule has 3 rings (SSSR count). The van der Waals surface area contributed by atoms with Gasteiger partial charge < -0.3 is 4.90 Å². The Morgan fingerprint density at radius 3 is 2.48 bits per heavy atom. The zero-order valence-electron chi connectivity index (χ0n) is 14.4. The minimum Gasteiger partial charge on any atom is -0.301 e. The summed E-state index contributed by atoms with van der Waals surface area (Å²) >= 11 is 0. The minimum atomic E-state index is -4.52. The molecule has 0 saturated carbocycles. The summed E-state index contributed by atoms with van der Waals surface area (Å²) in [7, 11) is 0. The Morgan fingerprint density at radius 1 is 1.16 bits per heavy atom. The van der Waals surface area contributed by atoms with Crippen molar-refractivity contribution in [1.82, 2.24) is 14.5 Å². The van der Waals surface area contributed by atoms with E-state index in [4.69, 9.17) is 0 Å². The van der Waals surface area contributed by atoms with Crippen molar-refractivity contribution in [3.63, 3.8) is 0 Å². The maximum Gasteiger partial charge on any atom is 0.418 e. The Hall–Kier alpha value is -1.89. The zero-order valence-corrected chi connectivity index (χ0v) is 14.4. The van der Waals surface area contributed by atoms with E-state index in [9.17, 15) is 18.0 Å². The van der Waals surface area contributed by atoms with E-state index in [1.54, 1.807) is 0 Å². The molecule has 0 amide bonds. The van der Waals surface area contributed by atoms with Crippen molar-refractivity contribution >= 4 is 10.9 Å². The predicted molar refractivity (Wildman–Crippen MR) is 90.4 cm³/mol. The van der Waals surface area contributed by atoms with Gasteiger partial charge in [-0.15, -0.1) is 0 Å². The molecule has 1 aliphatic rings. The molecule has 1 aromatic carbocycles. The van der Waals surface area contributed by atoms with E-state index >= 15 is 0 Å². The highest BCUT2D eigenvalue weighted by molar-refractivity contribution is 5.81. The van der Waals surface area contributed by atoms with Gasteiger partial charge in [-0.05, 0) is 30.4 Å².